The molecular weight excluding hydrogens is 259 g/mol. The molecule has 2 rings (SSSR count). The summed E-state index contributed by atoms with van der Waals surface area (Å²) in [4.78, 5) is 7.30. The number of nitrogens with zero attached hydrogens (tertiary/aromatic N) is 3. The summed E-state index contributed by atoms with van der Waals surface area (Å²) in [6.45, 7) is 0. The molecule has 1 aromatic carbocycles. The Labute approximate surface area is 106 Å². The Hall–Kier alpha value is -2.62. The Bertz CT molecular complexity index is 635. The van der Waals surface area contributed by atoms with Gasteiger partial charge in [0.05, 0.1) is 5.56 Å². The fourth-order valence-electron chi connectivity index (χ4n) is 1.34. The maximum absolute atomic E-state index is 12.7. The van der Waals surface area contributed by atoms with E-state index < -0.39 is 17.5 Å². The van der Waals surface area contributed by atoms with Gasteiger partial charge in [0.2, 0.25) is 0 Å². The number of alkyl halides is 3. The van der Waals surface area contributed by atoms with Gasteiger partial charge in [-0.1, -0.05) is 12.1 Å². The van der Waals surface area contributed by atoms with Crippen LogP contribution in [0.5, 0.6) is 11.8 Å². The maximum atomic E-state index is 12.7. The molecule has 0 bridgehead atoms. The first-order valence-corrected chi connectivity index (χ1v) is 5.08. The van der Waals surface area contributed by atoms with Gasteiger partial charge in [0.1, 0.15) is 17.5 Å². The number of rotatable bonds is 2. The first-order valence-electron chi connectivity index (χ1n) is 5.08. The van der Waals surface area contributed by atoms with Gasteiger partial charge in [-0.05, 0) is 18.2 Å². The van der Waals surface area contributed by atoms with Crippen LogP contribution < -0.4 is 4.74 Å². The fraction of sp³-hybridized carbons (Fsp3) is 0.0833. The number of nitriles is 1. The highest BCUT2D eigenvalue weighted by Gasteiger charge is 2.34. The van der Waals surface area contributed by atoms with Crippen molar-refractivity contribution in [2.75, 3.05) is 0 Å². The number of halogens is 3. The molecule has 0 saturated heterocycles. The lowest BCUT2D eigenvalue weighted by Crippen LogP contribution is -2.07. The molecule has 2 aromatic rings. The molecule has 4 nitrogen and oxygen atoms in total. The van der Waals surface area contributed by atoms with Gasteiger partial charge in [-0.15, -0.1) is 0 Å². The van der Waals surface area contributed by atoms with E-state index in [1.54, 1.807) is 6.07 Å². The summed E-state index contributed by atoms with van der Waals surface area (Å²) < 4.78 is 43.2. The van der Waals surface area contributed by atoms with Crippen LogP contribution in [0.1, 0.15) is 11.3 Å². The third-order valence-corrected chi connectivity index (χ3v) is 2.14. The Balaban J connectivity index is 2.36. The van der Waals surface area contributed by atoms with Crippen LogP contribution in [-0.2, 0) is 6.18 Å². The Morgan fingerprint density at radius 1 is 1.16 bits per heavy atom. The lowest BCUT2D eigenvalue weighted by Gasteiger charge is -2.11. The smallest absolute Gasteiger partial charge is 0.419 e. The van der Waals surface area contributed by atoms with Crippen molar-refractivity contribution in [2.45, 2.75) is 6.18 Å². The van der Waals surface area contributed by atoms with Crippen LogP contribution in [0.15, 0.2) is 36.5 Å². The van der Waals surface area contributed by atoms with Gasteiger partial charge < -0.3 is 4.74 Å². The molecule has 96 valence electrons. The molecule has 0 spiro atoms. The summed E-state index contributed by atoms with van der Waals surface area (Å²) >= 11 is 0. The minimum absolute atomic E-state index is 0.00879. The summed E-state index contributed by atoms with van der Waals surface area (Å²) in [6, 6.07) is 7.46. The average Bonchev–Trinajstić information content (AvgIpc) is 2.38. The van der Waals surface area contributed by atoms with Crippen LogP contribution in [0, 0.1) is 11.3 Å². The zero-order valence-corrected chi connectivity index (χ0v) is 9.35. The summed E-state index contributed by atoms with van der Waals surface area (Å²) in [5.74, 6) is -0.412. The molecule has 0 atom stereocenters. The van der Waals surface area contributed by atoms with Crippen molar-refractivity contribution >= 4 is 0 Å². The Morgan fingerprint density at radius 3 is 2.58 bits per heavy atom. The van der Waals surface area contributed by atoms with Gasteiger partial charge >= 0.3 is 12.2 Å². The van der Waals surface area contributed by atoms with E-state index >= 15 is 0 Å². The standard InChI is InChI=1S/C12H6F3N3O/c13-12(14,15)9-3-1-2-4-10(9)19-11-17-6-5-8(7-16)18-11/h1-6H. The normalized spacial score (nSPS) is 10.8. The van der Waals surface area contributed by atoms with Crippen LogP contribution in [-0.4, -0.2) is 9.97 Å². The molecule has 0 aliphatic heterocycles. The highest BCUT2D eigenvalue weighted by Crippen LogP contribution is 2.37. The monoisotopic (exact) mass is 265 g/mol. The Kier molecular flexibility index (Phi) is 3.33. The van der Waals surface area contributed by atoms with E-state index in [4.69, 9.17) is 10.00 Å². The van der Waals surface area contributed by atoms with E-state index in [1.165, 1.54) is 24.4 Å². The molecule has 0 aliphatic carbocycles. The zero-order chi connectivity index (χ0) is 13.9. The summed E-state index contributed by atoms with van der Waals surface area (Å²) in [7, 11) is 0. The molecule has 0 saturated carbocycles. The average molecular weight is 265 g/mol. The van der Waals surface area contributed by atoms with Crippen LogP contribution >= 0.6 is 0 Å². The molecule has 1 aromatic heterocycles. The van der Waals surface area contributed by atoms with Gasteiger partial charge in [-0.3, -0.25) is 0 Å². The zero-order valence-electron chi connectivity index (χ0n) is 9.35. The predicted molar refractivity (Wildman–Crippen MR) is 58.3 cm³/mol. The van der Waals surface area contributed by atoms with Crippen molar-refractivity contribution in [1.29, 1.82) is 5.26 Å². The molecule has 0 unspecified atom stereocenters. The second-order valence-corrected chi connectivity index (χ2v) is 3.43. The van der Waals surface area contributed by atoms with Crippen LogP contribution in [0.25, 0.3) is 0 Å². The van der Waals surface area contributed by atoms with Gasteiger partial charge in [0.25, 0.3) is 0 Å². The lowest BCUT2D eigenvalue weighted by molar-refractivity contribution is -0.138. The fourth-order valence-corrected chi connectivity index (χ4v) is 1.34. The maximum Gasteiger partial charge on any atom is 0.419 e. The van der Waals surface area contributed by atoms with E-state index in [9.17, 15) is 13.2 Å². The van der Waals surface area contributed by atoms with Crippen LogP contribution in [0.3, 0.4) is 0 Å². The topological polar surface area (TPSA) is 58.8 Å². The number of hydrogen-bond acceptors (Lipinski definition) is 4. The van der Waals surface area contributed by atoms with Crippen molar-refractivity contribution in [1.82, 2.24) is 9.97 Å². The number of ether oxygens (including phenoxy) is 1. The molecule has 19 heavy (non-hydrogen) atoms. The quantitative estimate of drug-likeness (QED) is 0.836. The predicted octanol–water partition coefficient (Wildman–Crippen LogP) is 3.16. The SMILES string of the molecule is N#Cc1ccnc(Oc2ccccc2C(F)(F)F)n1. The molecular formula is C12H6F3N3O. The van der Waals surface area contributed by atoms with Crippen molar-refractivity contribution in [3.05, 3.63) is 47.8 Å². The molecule has 0 aliphatic rings. The van der Waals surface area contributed by atoms with Gasteiger partial charge in [-0.25, -0.2) is 4.98 Å². The second kappa shape index (κ2) is 4.94. The van der Waals surface area contributed by atoms with E-state index in [2.05, 4.69) is 9.97 Å². The number of para-hydroxylation sites is 1. The minimum atomic E-state index is -4.54. The highest BCUT2D eigenvalue weighted by molar-refractivity contribution is 5.37. The van der Waals surface area contributed by atoms with Crippen LogP contribution in [0.4, 0.5) is 13.2 Å². The summed E-state index contributed by atoms with van der Waals surface area (Å²) in [5.41, 5.74) is -0.921. The van der Waals surface area contributed by atoms with Gasteiger partial charge in [0, 0.05) is 6.20 Å². The lowest BCUT2D eigenvalue weighted by atomic mass is 10.2. The second-order valence-electron chi connectivity index (χ2n) is 3.43. The van der Waals surface area contributed by atoms with Crippen molar-refractivity contribution in [3.8, 4) is 17.8 Å². The Morgan fingerprint density at radius 2 is 1.89 bits per heavy atom. The minimum Gasteiger partial charge on any atom is -0.424 e. The van der Waals surface area contributed by atoms with E-state index in [1.807, 2.05) is 0 Å². The first kappa shape index (κ1) is 12.8. The summed E-state index contributed by atoms with van der Waals surface area (Å²) in [6.07, 6.45) is -3.31. The van der Waals surface area contributed by atoms with E-state index in [0.29, 0.717) is 0 Å². The highest BCUT2D eigenvalue weighted by atomic mass is 19.4. The van der Waals surface area contributed by atoms with E-state index in [-0.39, 0.29) is 11.7 Å². The molecule has 1 heterocycles. The van der Waals surface area contributed by atoms with Crippen molar-refractivity contribution in [2.24, 2.45) is 0 Å². The van der Waals surface area contributed by atoms with Crippen molar-refractivity contribution < 1.29 is 17.9 Å². The molecule has 0 fully saturated rings. The molecule has 7 heteroatoms. The summed E-state index contributed by atoms with van der Waals surface area (Å²) in [5, 5.41) is 8.64. The van der Waals surface area contributed by atoms with Crippen molar-refractivity contribution in [3.63, 3.8) is 0 Å². The molecule has 0 amide bonds. The van der Waals surface area contributed by atoms with Gasteiger partial charge in [-0.2, -0.15) is 23.4 Å². The third-order valence-electron chi connectivity index (χ3n) is 2.14. The largest absolute Gasteiger partial charge is 0.424 e. The number of hydrogen-bond donors (Lipinski definition) is 0. The van der Waals surface area contributed by atoms with E-state index in [0.717, 1.165) is 12.1 Å². The third kappa shape index (κ3) is 2.98. The molecule has 0 radical (unpaired) electrons. The van der Waals surface area contributed by atoms with Crippen LogP contribution in [0.2, 0.25) is 0 Å². The first-order chi connectivity index (χ1) is 9.00. The number of aromatic nitrogens is 2. The number of benzene rings is 1. The molecule has 0 N–H and O–H groups in total. The van der Waals surface area contributed by atoms with Gasteiger partial charge in [0.15, 0.2) is 0 Å².